The monoisotopic (exact) mass is 230 g/mol. The Morgan fingerprint density at radius 2 is 2.06 bits per heavy atom. The number of hydrogen-bond acceptors (Lipinski definition) is 2. The van der Waals surface area contributed by atoms with Crippen LogP contribution in [-0.2, 0) is 4.79 Å². The molecule has 0 aromatic rings. The predicted molar refractivity (Wildman–Crippen MR) is 56.3 cm³/mol. The zero-order valence-electron chi connectivity index (χ0n) is 9.14. The summed E-state index contributed by atoms with van der Waals surface area (Å²) in [7, 11) is 0. The van der Waals surface area contributed by atoms with Crippen molar-refractivity contribution in [1.29, 1.82) is 0 Å². The topological polar surface area (TPSA) is 32.3 Å². The van der Waals surface area contributed by atoms with Crippen molar-refractivity contribution in [2.24, 2.45) is 0 Å². The third-order valence-corrected chi connectivity index (χ3v) is 3.19. The summed E-state index contributed by atoms with van der Waals surface area (Å²) in [4.78, 5) is 13.6. The van der Waals surface area contributed by atoms with Gasteiger partial charge in [0.15, 0.2) is 0 Å². The van der Waals surface area contributed by atoms with Gasteiger partial charge in [-0.3, -0.25) is 10.1 Å². The van der Waals surface area contributed by atoms with Gasteiger partial charge in [0.1, 0.15) is 0 Å². The Hall–Kier alpha value is -0.970. The summed E-state index contributed by atoms with van der Waals surface area (Å²) in [5.41, 5.74) is 1.13. The molecule has 0 saturated carbocycles. The zero-order valence-corrected chi connectivity index (χ0v) is 9.14. The van der Waals surface area contributed by atoms with Crippen LogP contribution in [-0.4, -0.2) is 42.4 Å². The van der Waals surface area contributed by atoms with Crippen molar-refractivity contribution in [3.8, 4) is 0 Å². The van der Waals surface area contributed by atoms with Crippen LogP contribution in [0.15, 0.2) is 12.2 Å². The average Bonchev–Trinajstić information content (AvgIpc) is 2.59. The van der Waals surface area contributed by atoms with Crippen molar-refractivity contribution >= 4 is 5.91 Å². The van der Waals surface area contributed by atoms with Gasteiger partial charge in [-0.2, -0.15) is 0 Å². The maximum atomic E-state index is 12.9. The van der Waals surface area contributed by atoms with Crippen molar-refractivity contribution < 1.29 is 13.6 Å². The number of alkyl halides is 2. The summed E-state index contributed by atoms with van der Waals surface area (Å²) >= 11 is 0. The largest absolute Gasteiger partial charge is 0.341 e. The predicted octanol–water partition coefficient (Wildman–Crippen LogP) is 1.16. The van der Waals surface area contributed by atoms with Gasteiger partial charge < -0.3 is 4.90 Å². The van der Waals surface area contributed by atoms with E-state index in [1.807, 2.05) is 0 Å². The molecule has 2 aliphatic heterocycles. The number of carbonyl (C=O) groups excluding carboxylic acids is 1. The van der Waals surface area contributed by atoms with E-state index in [1.165, 1.54) is 0 Å². The third kappa shape index (κ3) is 2.40. The van der Waals surface area contributed by atoms with Crippen LogP contribution in [0.5, 0.6) is 0 Å². The highest BCUT2D eigenvalue weighted by Crippen LogP contribution is 2.26. The highest BCUT2D eigenvalue weighted by molar-refractivity contribution is 5.82. The zero-order chi connectivity index (χ0) is 11.8. The van der Waals surface area contributed by atoms with Crippen molar-refractivity contribution in [3.05, 3.63) is 12.2 Å². The minimum atomic E-state index is -2.74. The molecule has 0 aromatic heterocycles. The lowest BCUT2D eigenvalue weighted by molar-refractivity contribution is -0.134. The number of halogens is 2. The molecular weight excluding hydrogens is 214 g/mol. The average molecular weight is 230 g/mol. The molecule has 1 N–H and O–H groups in total. The van der Waals surface area contributed by atoms with Crippen molar-refractivity contribution in [3.63, 3.8) is 0 Å². The van der Waals surface area contributed by atoms with Crippen LogP contribution in [0.1, 0.15) is 19.3 Å². The lowest BCUT2D eigenvalue weighted by atomic mass is 10.0. The second-order valence-corrected chi connectivity index (χ2v) is 4.57. The van der Waals surface area contributed by atoms with Gasteiger partial charge in [-0.05, 0) is 12.8 Å². The van der Waals surface area contributed by atoms with E-state index in [4.69, 9.17) is 0 Å². The van der Waals surface area contributed by atoms with Gasteiger partial charge in [0, 0.05) is 19.5 Å². The number of piperidine rings is 1. The Labute approximate surface area is 93.5 Å². The van der Waals surface area contributed by atoms with Gasteiger partial charge >= 0.3 is 0 Å². The van der Waals surface area contributed by atoms with E-state index in [0.29, 0.717) is 13.1 Å². The molecule has 1 unspecified atom stereocenters. The van der Waals surface area contributed by atoms with Crippen LogP contribution in [0.4, 0.5) is 8.78 Å². The quantitative estimate of drug-likeness (QED) is 0.686. The van der Waals surface area contributed by atoms with Crippen LogP contribution in [0, 0.1) is 0 Å². The molecule has 2 heterocycles. The Kier molecular flexibility index (Phi) is 2.97. The summed E-state index contributed by atoms with van der Waals surface area (Å²) in [6.45, 7) is 4.70. The second-order valence-electron chi connectivity index (χ2n) is 4.57. The highest BCUT2D eigenvalue weighted by Gasteiger charge is 2.43. The summed E-state index contributed by atoms with van der Waals surface area (Å²) in [5, 5.41) is 2.59. The van der Waals surface area contributed by atoms with E-state index in [1.54, 1.807) is 4.90 Å². The minimum absolute atomic E-state index is 0.190. The fourth-order valence-corrected chi connectivity index (χ4v) is 2.15. The Morgan fingerprint density at radius 3 is 2.56 bits per heavy atom. The number of likely N-dealkylation sites (tertiary alicyclic amines) is 1. The summed E-state index contributed by atoms with van der Waals surface area (Å²) in [6, 6.07) is -0.707. The lowest BCUT2D eigenvalue weighted by Crippen LogP contribution is -2.46. The SMILES string of the molecule is C=C1CCN(C(=O)C2CC(F)(F)CN2)CC1. The third-order valence-electron chi connectivity index (χ3n) is 3.19. The van der Waals surface area contributed by atoms with Crippen molar-refractivity contribution in [2.75, 3.05) is 19.6 Å². The van der Waals surface area contributed by atoms with Crippen molar-refractivity contribution in [1.82, 2.24) is 10.2 Å². The number of amides is 1. The number of hydrogen-bond donors (Lipinski definition) is 1. The van der Waals surface area contributed by atoms with Gasteiger partial charge in [0.05, 0.1) is 12.6 Å². The first-order valence-corrected chi connectivity index (χ1v) is 5.55. The summed E-state index contributed by atoms with van der Waals surface area (Å²) in [6.07, 6.45) is 1.20. The molecule has 90 valence electrons. The molecule has 3 nitrogen and oxygen atoms in total. The molecule has 0 aromatic carbocycles. The first-order valence-electron chi connectivity index (χ1n) is 5.55. The Balaban J connectivity index is 1.91. The number of nitrogens with zero attached hydrogens (tertiary/aromatic N) is 1. The standard InChI is InChI=1S/C11H16F2N2O/c1-8-2-4-15(5-3-8)10(16)9-6-11(12,13)7-14-9/h9,14H,1-7H2. The minimum Gasteiger partial charge on any atom is -0.341 e. The fraction of sp³-hybridized carbons (Fsp3) is 0.727. The van der Waals surface area contributed by atoms with E-state index in [2.05, 4.69) is 11.9 Å². The molecular formula is C11H16F2N2O. The van der Waals surface area contributed by atoms with Gasteiger partial charge in [-0.15, -0.1) is 0 Å². The molecule has 1 amide bonds. The molecule has 0 bridgehead atoms. The Bertz CT molecular complexity index is 307. The molecule has 2 aliphatic rings. The van der Waals surface area contributed by atoms with E-state index in [-0.39, 0.29) is 18.9 Å². The fourth-order valence-electron chi connectivity index (χ4n) is 2.15. The van der Waals surface area contributed by atoms with Gasteiger partial charge in [0.2, 0.25) is 5.91 Å². The molecule has 5 heteroatoms. The van der Waals surface area contributed by atoms with Crippen LogP contribution < -0.4 is 5.32 Å². The first kappa shape index (κ1) is 11.5. The lowest BCUT2D eigenvalue weighted by Gasteiger charge is -2.30. The van der Waals surface area contributed by atoms with Crippen molar-refractivity contribution in [2.45, 2.75) is 31.2 Å². The summed E-state index contributed by atoms with van der Waals surface area (Å²) < 4.78 is 25.9. The Morgan fingerprint density at radius 1 is 1.44 bits per heavy atom. The molecule has 0 aliphatic carbocycles. The smallest absolute Gasteiger partial charge is 0.262 e. The molecule has 16 heavy (non-hydrogen) atoms. The van der Waals surface area contributed by atoms with Gasteiger partial charge in [0.25, 0.3) is 5.92 Å². The van der Waals surface area contributed by atoms with Crippen LogP contribution in [0.3, 0.4) is 0 Å². The molecule has 2 saturated heterocycles. The molecule has 2 fully saturated rings. The highest BCUT2D eigenvalue weighted by atomic mass is 19.3. The number of nitrogens with one attached hydrogen (secondary N) is 1. The molecule has 1 atom stereocenters. The molecule has 0 radical (unpaired) electrons. The normalized spacial score (nSPS) is 29.5. The second kappa shape index (κ2) is 4.13. The van der Waals surface area contributed by atoms with Crippen LogP contribution >= 0.6 is 0 Å². The molecule has 0 spiro atoms. The maximum absolute atomic E-state index is 12.9. The maximum Gasteiger partial charge on any atom is 0.262 e. The molecule has 2 rings (SSSR count). The van der Waals surface area contributed by atoms with E-state index >= 15 is 0 Å². The first-order chi connectivity index (χ1) is 7.48. The number of carbonyl (C=O) groups is 1. The number of rotatable bonds is 1. The van der Waals surface area contributed by atoms with Gasteiger partial charge in [-0.1, -0.05) is 12.2 Å². The summed E-state index contributed by atoms with van der Waals surface area (Å²) in [5.74, 6) is -2.93. The van der Waals surface area contributed by atoms with E-state index in [9.17, 15) is 13.6 Å². The van der Waals surface area contributed by atoms with Gasteiger partial charge in [-0.25, -0.2) is 8.78 Å². The van der Waals surface area contributed by atoms with Crippen LogP contribution in [0.2, 0.25) is 0 Å². The van der Waals surface area contributed by atoms with E-state index < -0.39 is 12.0 Å². The van der Waals surface area contributed by atoms with Crippen LogP contribution in [0.25, 0.3) is 0 Å². The van der Waals surface area contributed by atoms with E-state index in [0.717, 1.165) is 18.4 Å².